The summed E-state index contributed by atoms with van der Waals surface area (Å²) in [7, 11) is 0. The Balaban J connectivity index is 2.71. The van der Waals surface area contributed by atoms with Crippen LogP contribution in [0, 0.1) is 0 Å². The summed E-state index contributed by atoms with van der Waals surface area (Å²) in [6.45, 7) is 26.8. The second-order valence-corrected chi connectivity index (χ2v) is 26.0. The molecule has 3 amide bonds. The van der Waals surface area contributed by atoms with Gasteiger partial charge in [-0.15, -0.1) is 0 Å². The number of alkyl carbamates (subject to hydrolysis) is 1. The highest BCUT2D eigenvalue weighted by Crippen LogP contribution is 2.30. The molecule has 0 bridgehead atoms. The second kappa shape index (κ2) is 49.3. The third kappa shape index (κ3) is 48.4. The van der Waals surface area contributed by atoms with E-state index in [0.29, 0.717) is 78.2 Å². The number of nitrogens with zero attached hydrogens (tertiary/aromatic N) is 2. The molecule has 0 unspecified atom stereocenters. The first-order valence-corrected chi connectivity index (χ1v) is 33.7. The molecule has 0 aliphatic carbocycles. The molecule has 0 aliphatic rings. The lowest BCUT2D eigenvalue weighted by Crippen LogP contribution is -2.40. The molecule has 12 nitrogen and oxygen atoms in total. The Hall–Kier alpha value is -3.93. The van der Waals surface area contributed by atoms with Crippen LogP contribution in [0.15, 0.2) is 42.5 Å². The Labute approximate surface area is 504 Å². The molecule has 0 atom stereocenters. The molecule has 1 aromatic rings. The van der Waals surface area contributed by atoms with E-state index in [2.05, 4.69) is 67.0 Å². The number of ether oxygens (including phenoxy) is 5. The van der Waals surface area contributed by atoms with E-state index in [1.54, 1.807) is 4.90 Å². The minimum atomic E-state index is -0.625. The van der Waals surface area contributed by atoms with E-state index in [-0.39, 0.29) is 12.2 Å². The van der Waals surface area contributed by atoms with Gasteiger partial charge in [0, 0.05) is 39.3 Å². The topological polar surface area (TPSA) is 128 Å². The minimum Gasteiger partial charge on any atom is -0.490 e. The number of hydrogen-bond acceptors (Lipinski definition) is 9. The predicted octanol–water partition coefficient (Wildman–Crippen LogP) is 19.9. The van der Waals surface area contributed by atoms with E-state index in [1.165, 1.54) is 167 Å². The van der Waals surface area contributed by atoms with Gasteiger partial charge in [-0.3, -0.25) is 0 Å². The third-order valence-corrected chi connectivity index (χ3v) is 14.1. The Morgan fingerprint density at radius 3 is 1.17 bits per heavy atom. The van der Waals surface area contributed by atoms with Gasteiger partial charge in [-0.25, -0.2) is 14.4 Å². The van der Waals surface area contributed by atoms with Gasteiger partial charge in [0.1, 0.15) is 16.8 Å². The van der Waals surface area contributed by atoms with Gasteiger partial charge < -0.3 is 44.1 Å². The molecule has 0 aliphatic heterocycles. The summed E-state index contributed by atoms with van der Waals surface area (Å²) in [4.78, 5) is 42.3. The zero-order valence-corrected chi connectivity index (χ0v) is 55.1. The summed E-state index contributed by atoms with van der Waals surface area (Å²) in [5, 5.41) is 6.43. The molecular formula is C70H128N4O8. The molecule has 12 heteroatoms. The molecule has 1 aromatic carbocycles. The fourth-order valence-electron chi connectivity index (χ4n) is 9.52. The highest BCUT2D eigenvalue weighted by Gasteiger charge is 2.24. The van der Waals surface area contributed by atoms with Crippen molar-refractivity contribution in [2.24, 2.45) is 0 Å². The van der Waals surface area contributed by atoms with Crippen LogP contribution in [0.4, 0.5) is 14.4 Å². The maximum atomic E-state index is 13.4. The van der Waals surface area contributed by atoms with E-state index in [4.69, 9.17) is 23.7 Å². The van der Waals surface area contributed by atoms with Gasteiger partial charge >= 0.3 is 18.3 Å². The summed E-state index contributed by atoms with van der Waals surface area (Å²) >= 11 is 0. The lowest BCUT2D eigenvalue weighted by molar-refractivity contribution is 0.0206. The monoisotopic (exact) mass is 1150 g/mol. The Bertz CT molecular complexity index is 1760. The average Bonchev–Trinajstić information content (AvgIpc) is 3.44. The quantitative estimate of drug-likeness (QED) is 0.0372. The van der Waals surface area contributed by atoms with Crippen LogP contribution >= 0.6 is 0 Å². The first-order valence-electron chi connectivity index (χ1n) is 33.7. The van der Waals surface area contributed by atoms with E-state index in [9.17, 15) is 14.4 Å². The van der Waals surface area contributed by atoms with Gasteiger partial charge in [0.2, 0.25) is 0 Å². The van der Waals surface area contributed by atoms with Crippen molar-refractivity contribution in [2.45, 2.75) is 318 Å². The highest BCUT2D eigenvalue weighted by atomic mass is 16.6. The SMILES string of the molecule is CCCCCCCCC=CCCCCCCCCOc1ccc(CNCCCCN(CCCCN(CCCCNC(=O)OC(C)(C)C)C(=O)OC(C)(C)C)C(=O)OC(C)(C)C)cc1OCCCCCCCCC=CCCCCCCCC. The van der Waals surface area contributed by atoms with Crippen LogP contribution in [-0.2, 0) is 20.8 Å². The number of nitrogens with one attached hydrogen (secondary N) is 2. The number of hydrogen-bond donors (Lipinski definition) is 2. The van der Waals surface area contributed by atoms with Crippen LogP contribution in [0.5, 0.6) is 11.5 Å². The van der Waals surface area contributed by atoms with Crippen molar-refractivity contribution >= 4 is 18.3 Å². The zero-order chi connectivity index (χ0) is 60.4. The number of benzene rings is 1. The second-order valence-electron chi connectivity index (χ2n) is 26.0. The maximum Gasteiger partial charge on any atom is 0.410 e. The fraction of sp³-hybridized carbons (Fsp3) is 0.814. The van der Waals surface area contributed by atoms with Gasteiger partial charge in [-0.05, 0) is 189 Å². The van der Waals surface area contributed by atoms with Crippen molar-refractivity contribution < 1.29 is 38.1 Å². The summed E-state index contributed by atoms with van der Waals surface area (Å²) in [6.07, 6.45) is 49.0. The highest BCUT2D eigenvalue weighted by molar-refractivity contribution is 5.69. The van der Waals surface area contributed by atoms with E-state index in [0.717, 1.165) is 49.3 Å². The molecular weight excluding hydrogens is 1020 g/mol. The van der Waals surface area contributed by atoms with Crippen molar-refractivity contribution in [3.05, 3.63) is 48.1 Å². The molecule has 0 saturated heterocycles. The molecule has 0 spiro atoms. The molecule has 476 valence electrons. The smallest absolute Gasteiger partial charge is 0.410 e. The van der Waals surface area contributed by atoms with Crippen LogP contribution in [0.2, 0.25) is 0 Å². The molecule has 0 aromatic heterocycles. The minimum absolute atomic E-state index is 0.318. The number of allylic oxidation sites excluding steroid dienone is 4. The molecule has 1 rings (SSSR count). The summed E-state index contributed by atoms with van der Waals surface area (Å²) in [6, 6.07) is 6.40. The third-order valence-electron chi connectivity index (χ3n) is 14.1. The Kier molecular flexibility index (Phi) is 45.8. The summed E-state index contributed by atoms with van der Waals surface area (Å²) < 4.78 is 29.8. The molecule has 0 radical (unpaired) electrons. The standard InChI is InChI=1S/C70H128N4O8/c1-12-14-16-18-20-22-24-26-28-30-32-34-36-38-40-48-58-78-63-51-50-62(60-64(63)79-59-49-41-39-37-35-33-31-29-27-25-23-21-19-17-15-13-2)61-71-52-42-44-54-73(66(76)81-69(6,7)8)56-46-47-57-74(67(77)82-70(9,10)11)55-45-43-53-72-65(75)80-68(3,4)5/h26-29,50-51,60,71H,12-25,30-49,52-59,61H2,1-11H3,(H,72,75). The van der Waals surface area contributed by atoms with Gasteiger partial charge in [0.05, 0.1) is 13.2 Å². The van der Waals surface area contributed by atoms with Crippen molar-refractivity contribution in [2.75, 3.05) is 52.5 Å². The average molecular weight is 1150 g/mol. The molecule has 82 heavy (non-hydrogen) atoms. The first kappa shape index (κ1) is 76.1. The van der Waals surface area contributed by atoms with Crippen LogP contribution in [0.25, 0.3) is 0 Å². The van der Waals surface area contributed by atoms with Crippen molar-refractivity contribution in [1.29, 1.82) is 0 Å². The predicted molar refractivity (Wildman–Crippen MR) is 346 cm³/mol. The lowest BCUT2D eigenvalue weighted by Gasteiger charge is -2.29. The van der Waals surface area contributed by atoms with Crippen LogP contribution in [-0.4, -0.2) is 97.4 Å². The van der Waals surface area contributed by atoms with E-state index < -0.39 is 22.9 Å². The lowest BCUT2D eigenvalue weighted by atomic mass is 10.1. The maximum absolute atomic E-state index is 13.4. The van der Waals surface area contributed by atoms with E-state index >= 15 is 0 Å². The van der Waals surface area contributed by atoms with Crippen LogP contribution in [0.1, 0.15) is 300 Å². The van der Waals surface area contributed by atoms with Gasteiger partial charge in [0.25, 0.3) is 0 Å². The number of amides is 3. The number of carbonyl (C=O) groups excluding carboxylic acids is 3. The van der Waals surface area contributed by atoms with E-state index in [1.807, 2.05) is 67.2 Å². The number of carbonyl (C=O) groups is 3. The van der Waals surface area contributed by atoms with Crippen molar-refractivity contribution in [3.63, 3.8) is 0 Å². The number of rotatable bonds is 51. The fourth-order valence-corrected chi connectivity index (χ4v) is 9.52. The van der Waals surface area contributed by atoms with Gasteiger partial charge in [-0.2, -0.15) is 0 Å². The molecule has 2 N–H and O–H groups in total. The Morgan fingerprint density at radius 2 is 0.768 bits per heavy atom. The van der Waals surface area contributed by atoms with Crippen LogP contribution < -0.4 is 20.1 Å². The molecule has 0 saturated carbocycles. The normalized spacial score (nSPS) is 12.1. The largest absolute Gasteiger partial charge is 0.490 e. The van der Waals surface area contributed by atoms with Crippen molar-refractivity contribution in [3.8, 4) is 11.5 Å². The number of unbranched alkanes of at least 4 members (excludes halogenated alkanes) is 27. The molecule has 0 fully saturated rings. The Morgan fingerprint density at radius 1 is 0.415 bits per heavy atom. The van der Waals surface area contributed by atoms with Crippen LogP contribution in [0.3, 0.4) is 0 Å². The van der Waals surface area contributed by atoms with Gasteiger partial charge in [0.15, 0.2) is 11.5 Å². The molecule has 0 heterocycles. The summed E-state index contributed by atoms with van der Waals surface area (Å²) in [5.41, 5.74) is -0.638. The van der Waals surface area contributed by atoms with Gasteiger partial charge in [-0.1, -0.05) is 160 Å². The van der Waals surface area contributed by atoms with Crippen molar-refractivity contribution in [1.82, 2.24) is 20.4 Å². The first-order chi connectivity index (χ1) is 39.3. The zero-order valence-electron chi connectivity index (χ0n) is 55.1. The summed E-state index contributed by atoms with van der Waals surface area (Å²) in [5.74, 6) is 1.68.